The Kier molecular flexibility index (Phi) is 5.14. The van der Waals surface area contributed by atoms with Gasteiger partial charge in [0.1, 0.15) is 0 Å². The second kappa shape index (κ2) is 6.55. The molecule has 0 heterocycles. The molecule has 0 saturated heterocycles. The number of nitrogens with one attached hydrogen (secondary N) is 1. The van der Waals surface area contributed by atoms with Crippen molar-refractivity contribution in [2.45, 2.75) is 49.7 Å². The van der Waals surface area contributed by atoms with Gasteiger partial charge in [-0.25, -0.2) is 13.1 Å². The van der Waals surface area contributed by atoms with Gasteiger partial charge in [-0.15, -0.1) is 0 Å². The van der Waals surface area contributed by atoms with Crippen LogP contribution in [-0.4, -0.2) is 20.5 Å². The van der Waals surface area contributed by atoms with Crippen LogP contribution < -0.4 is 10.5 Å². The highest BCUT2D eigenvalue weighted by Crippen LogP contribution is 2.32. The average Bonchev–Trinajstić information content (AvgIpc) is 2.36. The molecule has 0 amide bonds. The van der Waals surface area contributed by atoms with E-state index in [1.807, 2.05) is 0 Å². The van der Waals surface area contributed by atoms with Gasteiger partial charge in [0.05, 0.1) is 11.3 Å². The molecule has 2 unspecified atom stereocenters. The molecule has 2 rings (SSSR count). The summed E-state index contributed by atoms with van der Waals surface area (Å²) in [7, 11) is -3.85. The minimum absolute atomic E-state index is 0.0658. The second-order valence-electron chi connectivity index (χ2n) is 5.66. The van der Waals surface area contributed by atoms with Crippen molar-refractivity contribution in [3.63, 3.8) is 0 Å². The molecule has 22 heavy (non-hydrogen) atoms. The number of hydrogen-bond donors (Lipinski definition) is 2. The van der Waals surface area contributed by atoms with Crippen molar-refractivity contribution in [2.75, 3.05) is 0 Å². The fraction of sp³-hybridized carbons (Fsp3) is 0.571. The monoisotopic (exact) mass is 336 g/mol. The quantitative estimate of drug-likeness (QED) is 0.887. The number of alkyl halides is 3. The van der Waals surface area contributed by atoms with Gasteiger partial charge in [0.2, 0.25) is 10.0 Å². The predicted molar refractivity (Wildman–Crippen MR) is 77.4 cm³/mol. The molecular weight excluding hydrogens is 317 g/mol. The van der Waals surface area contributed by atoms with Gasteiger partial charge < -0.3 is 5.73 Å². The van der Waals surface area contributed by atoms with Gasteiger partial charge >= 0.3 is 6.18 Å². The Labute approximate surface area is 127 Å². The lowest BCUT2D eigenvalue weighted by molar-refractivity contribution is -0.138. The predicted octanol–water partition coefficient (Wildman–Crippen LogP) is 2.39. The minimum atomic E-state index is -4.57. The Bertz CT molecular complexity index is 617. The zero-order valence-electron chi connectivity index (χ0n) is 11.9. The van der Waals surface area contributed by atoms with Gasteiger partial charge in [0, 0.05) is 12.1 Å². The first-order valence-corrected chi connectivity index (χ1v) is 8.73. The minimum Gasteiger partial charge on any atom is -0.328 e. The lowest BCUT2D eigenvalue weighted by atomic mass is 9.92. The fourth-order valence-electron chi connectivity index (χ4n) is 2.76. The molecule has 0 radical (unpaired) electrons. The van der Waals surface area contributed by atoms with Crippen molar-refractivity contribution in [1.29, 1.82) is 0 Å². The van der Waals surface area contributed by atoms with E-state index in [4.69, 9.17) is 5.73 Å². The van der Waals surface area contributed by atoms with E-state index >= 15 is 0 Å². The van der Waals surface area contributed by atoms with Crippen LogP contribution in [0.5, 0.6) is 0 Å². The van der Waals surface area contributed by atoms with Gasteiger partial charge in [-0.05, 0) is 30.9 Å². The Morgan fingerprint density at radius 2 is 1.91 bits per heavy atom. The van der Waals surface area contributed by atoms with Crippen molar-refractivity contribution in [2.24, 2.45) is 5.73 Å². The summed E-state index contributed by atoms with van der Waals surface area (Å²) in [6, 6.07) is 4.36. The van der Waals surface area contributed by atoms with E-state index in [1.54, 1.807) is 0 Å². The summed E-state index contributed by atoms with van der Waals surface area (Å²) in [5, 5.41) is 0. The number of hydrogen-bond acceptors (Lipinski definition) is 3. The Morgan fingerprint density at radius 3 is 2.55 bits per heavy atom. The number of sulfonamides is 1. The molecule has 1 fully saturated rings. The second-order valence-corrected chi connectivity index (χ2v) is 7.41. The Morgan fingerprint density at radius 1 is 1.23 bits per heavy atom. The molecule has 0 aliphatic heterocycles. The van der Waals surface area contributed by atoms with Crippen LogP contribution in [0.1, 0.15) is 36.8 Å². The van der Waals surface area contributed by atoms with E-state index in [9.17, 15) is 21.6 Å². The van der Waals surface area contributed by atoms with Gasteiger partial charge in [-0.1, -0.05) is 24.6 Å². The van der Waals surface area contributed by atoms with Gasteiger partial charge in [0.15, 0.2) is 0 Å². The largest absolute Gasteiger partial charge is 0.416 e. The molecule has 0 bridgehead atoms. The van der Waals surface area contributed by atoms with Crippen LogP contribution in [0.3, 0.4) is 0 Å². The SMILES string of the molecule is NC1CCCC(NS(=O)(=O)Cc2ccccc2C(F)(F)F)C1. The number of rotatable bonds is 4. The van der Waals surface area contributed by atoms with Crippen LogP contribution in [0.25, 0.3) is 0 Å². The van der Waals surface area contributed by atoms with Crippen LogP contribution in [0.15, 0.2) is 24.3 Å². The topological polar surface area (TPSA) is 72.2 Å². The normalized spacial score (nSPS) is 23.5. The fourth-order valence-corrected chi connectivity index (χ4v) is 4.22. The summed E-state index contributed by atoms with van der Waals surface area (Å²) < 4.78 is 65.5. The highest BCUT2D eigenvalue weighted by Gasteiger charge is 2.34. The smallest absolute Gasteiger partial charge is 0.328 e. The van der Waals surface area contributed by atoms with E-state index in [0.29, 0.717) is 12.8 Å². The first-order valence-electron chi connectivity index (χ1n) is 7.08. The summed E-state index contributed by atoms with van der Waals surface area (Å²) in [5.74, 6) is -0.686. The molecule has 1 aromatic carbocycles. The highest BCUT2D eigenvalue weighted by molar-refractivity contribution is 7.88. The molecule has 4 nitrogen and oxygen atoms in total. The maximum atomic E-state index is 12.9. The number of halogens is 3. The van der Waals surface area contributed by atoms with Crippen molar-refractivity contribution < 1.29 is 21.6 Å². The van der Waals surface area contributed by atoms with E-state index in [-0.39, 0.29) is 17.6 Å². The van der Waals surface area contributed by atoms with Crippen molar-refractivity contribution in [1.82, 2.24) is 4.72 Å². The van der Waals surface area contributed by atoms with Gasteiger partial charge in [-0.3, -0.25) is 0 Å². The van der Waals surface area contributed by atoms with Crippen molar-refractivity contribution >= 4 is 10.0 Å². The molecule has 0 aromatic heterocycles. The summed E-state index contributed by atoms with van der Waals surface area (Å²) in [5.41, 5.74) is 4.63. The number of benzene rings is 1. The molecule has 1 saturated carbocycles. The first kappa shape index (κ1) is 17.2. The third kappa shape index (κ3) is 4.69. The average molecular weight is 336 g/mol. The highest BCUT2D eigenvalue weighted by atomic mass is 32.2. The van der Waals surface area contributed by atoms with Crippen molar-refractivity contribution in [3.05, 3.63) is 35.4 Å². The lowest BCUT2D eigenvalue weighted by Crippen LogP contribution is -2.42. The summed E-state index contributed by atoms with van der Waals surface area (Å²) in [4.78, 5) is 0. The first-order chi connectivity index (χ1) is 10.2. The molecule has 1 aromatic rings. The molecule has 1 aliphatic rings. The zero-order chi connectivity index (χ0) is 16.4. The Hall–Kier alpha value is -1.12. The van der Waals surface area contributed by atoms with Crippen LogP contribution >= 0.6 is 0 Å². The standard InChI is InChI=1S/C14H19F3N2O2S/c15-14(16,17)13-7-2-1-4-10(13)9-22(20,21)19-12-6-3-5-11(18)8-12/h1-2,4,7,11-12,19H,3,5-6,8-9,18H2. The third-order valence-corrected chi connectivity index (χ3v) is 5.11. The van der Waals surface area contributed by atoms with Crippen LogP contribution in [0.4, 0.5) is 13.2 Å². The molecule has 1 aliphatic carbocycles. The zero-order valence-corrected chi connectivity index (χ0v) is 12.8. The maximum absolute atomic E-state index is 12.9. The maximum Gasteiger partial charge on any atom is 0.416 e. The van der Waals surface area contributed by atoms with Crippen LogP contribution in [-0.2, 0) is 22.0 Å². The van der Waals surface area contributed by atoms with Gasteiger partial charge in [0.25, 0.3) is 0 Å². The summed E-state index contributed by atoms with van der Waals surface area (Å²) >= 11 is 0. The van der Waals surface area contributed by atoms with Gasteiger partial charge in [-0.2, -0.15) is 13.2 Å². The molecule has 3 N–H and O–H groups in total. The molecule has 0 spiro atoms. The van der Waals surface area contributed by atoms with Crippen LogP contribution in [0.2, 0.25) is 0 Å². The van der Waals surface area contributed by atoms with Crippen LogP contribution in [0, 0.1) is 0 Å². The molecule has 8 heteroatoms. The molecular formula is C14H19F3N2O2S. The van der Waals surface area contributed by atoms with E-state index in [0.717, 1.165) is 18.9 Å². The third-order valence-electron chi connectivity index (χ3n) is 3.73. The molecule has 2 atom stereocenters. The molecule has 124 valence electrons. The van der Waals surface area contributed by atoms with E-state index < -0.39 is 27.5 Å². The summed E-state index contributed by atoms with van der Waals surface area (Å²) in [6.07, 6.45) is -1.74. The van der Waals surface area contributed by atoms with Crippen molar-refractivity contribution in [3.8, 4) is 0 Å². The van der Waals surface area contributed by atoms with E-state index in [2.05, 4.69) is 4.72 Å². The van der Waals surface area contributed by atoms with E-state index in [1.165, 1.54) is 18.2 Å². The summed E-state index contributed by atoms with van der Waals surface area (Å²) in [6.45, 7) is 0. The number of nitrogens with two attached hydrogens (primary N) is 1. The Balaban J connectivity index is 2.12. The lowest BCUT2D eigenvalue weighted by Gasteiger charge is -2.27.